The minimum Gasteiger partial charge on any atom is -0.295 e. The molecule has 0 unspecified atom stereocenters. The molecule has 10 heteroatoms. The van der Waals surface area contributed by atoms with E-state index in [2.05, 4.69) is 25.7 Å². The zero-order valence-electron chi connectivity index (χ0n) is 7.95. The molecule has 2 rings (SSSR count). The summed E-state index contributed by atoms with van der Waals surface area (Å²) in [4.78, 5) is 11.4. The Bertz CT molecular complexity index is 520. The summed E-state index contributed by atoms with van der Waals surface area (Å²) in [7, 11) is 0. The molecule has 17 heavy (non-hydrogen) atoms. The van der Waals surface area contributed by atoms with E-state index >= 15 is 0 Å². The molecule has 0 spiro atoms. The van der Waals surface area contributed by atoms with Crippen molar-refractivity contribution in [3.8, 4) is 0 Å². The molecule has 1 amide bonds. The summed E-state index contributed by atoms with van der Waals surface area (Å²) in [5.41, 5.74) is 0.119. The predicted molar refractivity (Wildman–Crippen MR) is 51.5 cm³/mol. The van der Waals surface area contributed by atoms with Crippen LogP contribution < -0.4 is 5.32 Å². The van der Waals surface area contributed by atoms with Crippen LogP contribution in [0.2, 0.25) is 0 Å². The van der Waals surface area contributed by atoms with E-state index in [1.54, 1.807) is 0 Å². The number of rotatable bonds is 2. The standard InChI is InChI=1S/C7H4F3N5OS/c8-7(9,10)5-14-15-6(17-5)12-4(16)3-1-2-11-13-3/h1-2H,(H,11,13)(H,12,15,16). The fourth-order valence-electron chi connectivity index (χ4n) is 0.935. The number of amides is 1. The Morgan fingerprint density at radius 1 is 1.41 bits per heavy atom. The smallest absolute Gasteiger partial charge is 0.295 e. The van der Waals surface area contributed by atoms with Crippen molar-refractivity contribution in [3.05, 3.63) is 23.0 Å². The van der Waals surface area contributed by atoms with Crippen molar-refractivity contribution in [2.24, 2.45) is 0 Å². The summed E-state index contributed by atoms with van der Waals surface area (Å²) in [5.74, 6) is -0.632. The molecule has 90 valence electrons. The number of aromatic amines is 1. The lowest BCUT2D eigenvalue weighted by atomic mass is 10.4. The Morgan fingerprint density at radius 2 is 2.18 bits per heavy atom. The summed E-state index contributed by atoms with van der Waals surface area (Å²) in [6, 6.07) is 1.38. The molecule has 0 aliphatic heterocycles. The number of nitrogens with one attached hydrogen (secondary N) is 2. The molecule has 2 heterocycles. The molecule has 0 saturated heterocycles. The van der Waals surface area contributed by atoms with Gasteiger partial charge in [0.1, 0.15) is 5.69 Å². The van der Waals surface area contributed by atoms with Gasteiger partial charge in [0, 0.05) is 6.20 Å². The van der Waals surface area contributed by atoms with Gasteiger partial charge in [-0.2, -0.15) is 18.3 Å². The third-order valence-corrected chi connectivity index (χ3v) is 2.52. The summed E-state index contributed by atoms with van der Waals surface area (Å²) in [5, 5.41) is 12.9. The minimum absolute atomic E-state index is 0.119. The Morgan fingerprint density at radius 3 is 2.71 bits per heavy atom. The van der Waals surface area contributed by atoms with Crippen LogP contribution in [0.4, 0.5) is 18.3 Å². The number of nitrogens with zero attached hydrogens (tertiary/aromatic N) is 3. The first-order chi connectivity index (χ1) is 7.97. The van der Waals surface area contributed by atoms with E-state index in [-0.39, 0.29) is 22.2 Å². The number of aromatic nitrogens is 4. The maximum Gasteiger partial charge on any atom is 0.445 e. The highest BCUT2D eigenvalue weighted by molar-refractivity contribution is 7.15. The maximum atomic E-state index is 12.2. The monoisotopic (exact) mass is 263 g/mol. The quantitative estimate of drug-likeness (QED) is 0.860. The van der Waals surface area contributed by atoms with Crippen LogP contribution in [0.1, 0.15) is 15.5 Å². The van der Waals surface area contributed by atoms with Crippen molar-refractivity contribution in [2.45, 2.75) is 6.18 Å². The number of hydrogen-bond donors (Lipinski definition) is 2. The van der Waals surface area contributed by atoms with Crippen LogP contribution in [-0.4, -0.2) is 26.3 Å². The zero-order valence-corrected chi connectivity index (χ0v) is 8.76. The van der Waals surface area contributed by atoms with E-state index in [1.165, 1.54) is 12.3 Å². The maximum absolute atomic E-state index is 12.2. The largest absolute Gasteiger partial charge is 0.445 e. The van der Waals surface area contributed by atoms with Gasteiger partial charge in [-0.1, -0.05) is 11.3 Å². The number of alkyl halides is 3. The molecule has 6 nitrogen and oxygen atoms in total. The van der Waals surface area contributed by atoms with Crippen LogP contribution in [0.15, 0.2) is 12.3 Å². The number of carbonyl (C=O) groups excluding carboxylic acids is 1. The molecule has 2 N–H and O–H groups in total. The Hall–Kier alpha value is -1.97. The van der Waals surface area contributed by atoms with Crippen molar-refractivity contribution in [1.82, 2.24) is 20.4 Å². The van der Waals surface area contributed by atoms with Gasteiger partial charge in [0.15, 0.2) is 0 Å². The van der Waals surface area contributed by atoms with E-state index in [0.717, 1.165) is 0 Å². The third kappa shape index (κ3) is 2.58. The molecule has 2 aromatic rings. The second-order valence-corrected chi connectivity index (χ2v) is 3.81. The molecule has 2 aromatic heterocycles. The summed E-state index contributed by atoms with van der Waals surface area (Å²) >= 11 is 0.252. The second kappa shape index (κ2) is 4.13. The first-order valence-electron chi connectivity index (χ1n) is 4.18. The third-order valence-electron chi connectivity index (χ3n) is 1.63. The van der Waals surface area contributed by atoms with Crippen LogP contribution in [0, 0.1) is 0 Å². The molecule has 0 aliphatic rings. The van der Waals surface area contributed by atoms with Crippen molar-refractivity contribution in [2.75, 3.05) is 5.32 Å². The molecule has 0 fully saturated rings. The predicted octanol–water partition coefficient (Wildman–Crippen LogP) is 1.53. The lowest BCUT2D eigenvalue weighted by Gasteiger charge is -1.98. The first kappa shape index (κ1) is 11.5. The Kier molecular flexibility index (Phi) is 2.79. The highest BCUT2D eigenvalue weighted by atomic mass is 32.1. The molecule has 0 atom stereocenters. The summed E-state index contributed by atoms with van der Waals surface area (Å²) in [6.45, 7) is 0. The molecule has 0 aromatic carbocycles. The van der Waals surface area contributed by atoms with E-state index in [0.29, 0.717) is 0 Å². The highest BCUT2D eigenvalue weighted by Crippen LogP contribution is 2.32. The van der Waals surface area contributed by atoms with Gasteiger partial charge in [-0.25, -0.2) is 0 Å². The number of H-pyrrole nitrogens is 1. The van der Waals surface area contributed by atoms with Gasteiger partial charge in [0.25, 0.3) is 5.91 Å². The molecule has 0 bridgehead atoms. The lowest BCUT2D eigenvalue weighted by Crippen LogP contribution is -2.12. The number of carbonyl (C=O) groups is 1. The SMILES string of the molecule is O=C(Nc1nnc(C(F)(F)F)s1)c1ccn[nH]1. The van der Waals surface area contributed by atoms with E-state index in [1.807, 2.05) is 0 Å². The van der Waals surface area contributed by atoms with Crippen molar-refractivity contribution >= 4 is 22.4 Å². The molecule has 0 radical (unpaired) electrons. The van der Waals surface area contributed by atoms with Crippen LogP contribution in [0.5, 0.6) is 0 Å². The fourth-order valence-corrected chi connectivity index (χ4v) is 1.54. The van der Waals surface area contributed by atoms with E-state index in [4.69, 9.17) is 0 Å². The minimum atomic E-state index is -4.56. The molecular weight excluding hydrogens is 259 g/mol. The molecule has 0 saturated carbocycles. The van der Waals surface area contributed by atoms with Gasteiger partial charge in [-0.05, 0) is 6.07 Å². The van der Waals surface area contributed by atoms with E-state index in [9.17, 15) is 18.0 Å². The van der Waals surface area contributed by atoms with E-state index < -0.39 is 17.1 Å². The van der Waals surface area contributed by atoms with Crippen LogP contribution in [0.25, 0.3) is 0 Å². The molecule has 0 aliphatic carbocycles. The normalized spacial score (nSPS) is 11.5. The van der Waals surface area contributed by atoms with Crippen LogP contribution >= 0.6 is 11.3 Å². The number of anilines is 1. The van der Waals surface area contributed by atoms with Gasteiger partial charge in [-0.3, -0.25) is 15.2 Å². The highest BCUT2D eigenvalue weighted by Gasteiger charge is 2.35. The summed E-state index contributed by atoms with van der Waals surface area (Å²) < 4.78 is 36.6. The average Bonchev–Trinajstić information content (AvgIpc) is 2.85. The van der Waals surface area contributed by atoms with Crippen LogP contribution in [0.3, 0.4) is 0 Å². The topological polar surface area (TPSA) is 83.6 Å². The zero-order chi connectivity index (χ0) is 12.5. The van der Waals surface area contributed by atoms with Gasteiger partial charge in [0.05, 0.1) is 0 Å². The number of hydrogen-bond acceptors (Lipinski definition) is 5. The Labute approximate surface area is 95.9 Å². The lowest BCUT2D eigenvalue weighted by molar-refractivity contribution is -0.138. The van der Waals surface area contributed by atoms with Crippen molar-refractivity contribution in [1.29, 1.82) is 0 Å². The van der Waals surface area contributed by atoms with Crippen molar-refractivity contribution in [3.63, 3.8) is 0 Å². The van der Waals surface area contributed by atoms with Gasteiger partial charge >= 0.3 is 6.18 Å². The summed E-state index contributed by atoms with van der Waals surface area (Å²) in [6.07, 6.45) is -3.22. The van der Waals surface area contributed by atoms with Gasteiger partial charge in [-0.15, -0.1) is 10.2 Å². The van der Waals surface area contributed by atoms with Crippen molar-refractivity contribution < 1.29 is 18.0 Å². The van der Waals surface area contributed by atoms with Gasteiger partial charge < -0.3 is 0 Å². The number of halogens is 3. The van der Waals surface area contributed by atoms with Crippen LogP contribution in [-0.2, 0) is 6.18 Å². The Balaban J connectivity index is 2.10. The second-order valence-electron chi connectivity index (χ2n) is 2.83. The fraction of sp³-hybridized carbons (Fsp3) is 0.143. The average molecular weight is 263 g/mol. The molecular formula is C7H4F3N5OS. The van der Waals surface area contributed by atoms with Gasteiger partial charge in [0.2, 0.25) is 10.1 Å². The first-order valence-corrected chi connectivity index (χ1v) is 5.00.